The van der Waals surface area contributed by atoms with Gasteiger partial charge in [-0.3, -0.25) is 0 Å². The van der Waals surface area contributed by atoms with E-state index >= 15 is 0 Å². The number of benzene rings is 2. The van der Waals surface area contributed by atoms with E-state index in [-0.39, 0.29) is 0 Å². The molecule has 0 radical (unpaired) electrons. The maximum atomic E-state index is 8.87. The van der Waals surface area contributed by atoms with Crippen LogP contribution in [0, 0.1) is 11.3 Å². The highest BCUT2D eigenvalue weighted by Gasteiger charge is 2.18. The van der Waals surface area contributed by atoms with Gasteiger partial charge in [0.05, 0.1) is 40.0 Å². The van der Waals surface area contributed by atoms with E-state index in [2.05, 4.69) is 39.2 Å². The minimum absolute atomic E-state index is 0.382. The van der Waals surface area contributed by atoms with Crippen molar-refractivity contribution in [3.8, 4) is 23.1 Å². The second kappa shape index (κ2) is 7.64. The van der Waals surface area contributed by atoms with E-state index in [1.54, 1.807) is 36.5 Å². The van der Waals surface area contributed by atoms with Gasteiger partial charge >= 0.3 is 0 Å². The third kappa shape index (κ3) is 3.47. The van der Waals surface area contributed by atoms with Gasteiger partial charge in [-0.05, 0) is 35.0 Å². The molecule has 4 rings (SSSR count). The summed E-state index contributed by atoms with van der Waals surface area (Å²) in [5.41, 5.74) is 2.69. The molecule has 28 heavy (non-hydrogen) atoms. The van der Waals surface area contributed by atoms with Crippen LogP contribution in [0.15, 0.2) is 53.7 Å². The third-order valence-electron chi connectivity index (χ3n) is 3.99. The number of hydrogen-bond donors (Lipinski definition) is 1. The van der Waals surface area contributed by atoms with Crippen LogP contribution in [0.2, 0.25) is 10.0 Å². The standard InChI is InChI=1S/C18H11Cl2N7S/c19-14-2-1-3-15(20)16(14)27-18(28)13(9-22-27)17-23-25-26(24-17)10-12-6-4-11(8-21)5-7-12/h1-7,9,28H,10H2. The molecule has 0 saturated heterocycles. The lowest BCUT2D eigenvalue weighted by atomic mass is 10.1. The van der Waals surface area contributed by atoms with Crippen molar-refractivity contribution in [2.75, 3.05) is 0 Å². The van der Waals surface area contributed by atoms with E-state index in [0.29, 0.717) is 44.3 Å². The highest BCUT2D eigenvalue weighted by Crippen LogP contribution is 2.33. The fraction of sp³-hybridized carbons (Fsp3) is 0.0556. The van der Waals surface area contributed by atoms with Gasteiger partial charge in [0.25, 0.3) is 0 Å². The van der Waals surface area contributed by atoms with E-state index in [9.17, 15) is 0 Å². The molecule has 0 amide bonds. The van der Waals surface area contributed by atoms with Gasteiger partial charge in [0.2, 0.25) is 5.82 Å². The number of aromatic nitrogens is 6. The van der Waals surface area contributed by atoms with Crippen molar-refractivity contribution in [3.05, 3.63) is 69.8 Å². The Labute approximate surface area is 175 Å². The second-order valence-corrected chi connectivity index (χ2v) is 7.05. The Balaban J connectivity index is 1.63. The van der Waals surface area contributed by atoms with Crippen molar-refractivity contribution in [2.45, 2.75) is 11.6 Å². The SMILES string of the molecule is N#Cc1ccc(Cn2nnc(-c3cnn(-c4c(Cl)cccc4Cl)c3S)n2)cc1. The summed E-state index contributed by atoms with van der Waals surface area (Å²) < 4.78 is 1.53. The average molecular weight is 428 g/mol. The maximum absolute atomic E-state index is 8.87. The van der Waals surface area contributed by atoms with Gasteiger partial charge < -0.3 is 0 Å². The molecule has 0 aliphatic rings. The Kier molecular flexibility index (Phi) is 5.05. The van der Waals surface area contributed by atoms with Crippen molar-refractivity contribution < 1.29 is 0 Å². The van der Waals surface area contributed by atoms with Crippen LogP contribution in [0.1, 0.15) is 11.1 Å². The fourth-order valence-corrected chi connectivity index (χ4v) is 3.49. The number of thiol groups is 1. The Morgan fingerprint density at radius 1 is 1.07 bits per heavy atom. The normalized spacial score (nSPS) is 10.8. The number of nitrogens with zero attached hydrogens (tertiary/aromatic N) is 7. The first-order valence-electron chi connectivity index (χ1n) is 8.05. The van der Waals surface area contributed by atoms with Crippen molar-refractivity contribution in [3.63, 3.8) is 0 Å². The molecule has 4 aromatic rings. The van der Waals surface area contributed by atoms with Crippen LogP contribution in [0.4, 0.5) is 0 Å². The molecule has 0 aliphatic carbocycles. The van der Waals surface area contributed by atoms with E-state index < -0.39 is 0 Å². The number of tetrazole rings is 1. The predicted molar refractivity (Wildman–Crippen MR) is 108 cm³/mol. The minimum atomic E-state index is 0.382. The molecule has 0 bridgehead atoms. The predicted octanol–water partition coefficient (Wildman–Crippen LogP) is 4.04. The summed E-state index contributed by atoms with van der Waals surface area (Å²) in [6.07, 6.45) is 1.59. The van der Waals surface area contributed by atoms with Gasteiger partial charge in [-0.15, -0.1) is 22.8 Å². The average Bonchev–Trinajstić information content (AvgIpc) is 3.29. The molecule has 0 spiro atoms. The zero-order valence-corrected chi connectivity index (χ0v) is 16.6. The molecular formula is C18H11Cl2N7S. The third-order valence-corrected chi connectivity index (χ3v) is 5.03. The largest absolute Gasteiger partial charge is 0.224 e. The van der Waals surface area contributed by atoms with Crippen molar-refractivity contribution >= 4 is 35.8 Å². The Morgan fingerprint density at radius 2 is 1.79 bits per heavy atom. The summed E-state index contributed by atoms with van der Waals surface area (Å²) in [5, 5.41) is 27.2. The maximum Gasteiger partial charge on any atom is 0.209 e. The van der Waals surface area contributed by atoms with E-state index in [0.717, 1.165) is 5.56 Å². The molecule has 0 fully saturated rings. The lowest BCUT2D eigenvalue weighted by Crippen LogP contribution is -2.04. The summed E-state index contributed by atoms with van der Waals surface area (Å²) >= 11 is 17.1. The van der Waals surface area contributed by atoms with Gasteiger partial charge in [0, 0.05) is 0 Å². The molecule has 2 aromatic heterocycles. The monoisotopic (exact) mass is 427 g/mol. The Bertz CT molecular complexity index is 1170. The van der Waals surface area contributed by atoms with E-state index in [1.165, 1.54) is 9.48 Å². The number of rotatable bonds is 4. The summed E-state index contributed by atoms with van der Waals surface area (Å²) in [6, 6.07) is 14.5. The lowest BCUT2D eigenvalue weighted by Gasteiger charge is -2.08. The number of halogens is 2. The van der Waals surface area contributed by atoms with Crippen LogP contribution in [0.3, 0.4) is 0 Å². The first-order valence-corrected chi connectivity index (χ1v) is 9.25. The molecule has 2 heterocycles. The van der Waals surface area contributed by atoms with Crippen LogP contribution in [-0.2, 0) is 6.54 Å². The lowest BCUT2D eigenvalue weighted by molar-refractivity contribution is 0.573. The van der Waals surface area contributed by atoms with Crippen LogP contribution in [-0.4, -0.2) is 30.0 Å². The van der Waals surface area contributed by atoms with Crippen LogP contribution in [0.25, 0.3) is 17.1 Å². The Morgan fingerprint density at radius 3 is 2.46 bits per heavy atom. The number of hydrogen-bond acceptors (Lipinski definition) is 6. The van der Waals surface area contributed by atoms with Crippen LogP contribution in [0.5, 0.6) is 0 Å². The highest BCUT2D eigenvalue weighted by molar-refractivity contribution is 7.80. The molecule has 0 N–H and O–H groups in total. The van der Waals surface area contributed by atoms with Gasteiger partial charge in [-0.1, -0.05) is 41.4 Å². The van der Waals surface area contributed by atoms with Gasteiger partial charge in [0.15, 0.2) is 0 Å². The smallest absolute Gasteiger partial charge is 0.209 e. The fourth-order valence-electron chi connectivity index (χ4n) is 2.62. The van der Waals surface area contributed by atoms with Crippen molar-refractivity contribution in [1.29, 1.82) is 5.26 Å². The van der Waals surface area contributed by atoms with Gasteiger partial charge in [-0.2, -0.15) is 15.2 Å². The number of nitriles is 1. The van der Waals surface area contributed by atoms with Gasteiger partial charge in [-0.25, -0.2) is 4.68 Å². The zero-order chi connectivity index (χ0) is 19.7. The molecule has 0 aliphatic heterocycles. The zero-order valence-electron chi connectivity index (χ0n) is 14.2. The highest BCUT2D eigenvalue weighted by atomic mass is 35.5. The summed E-state index contributed by atoms with van der Waals surface area (Å²) in [7, 11) is 0. The first kappa shape index (κ1) is 18.5. The molecule has 0 unspecified atom stereocenters. The van der Waals surface area contributed by atoms with Gasteiger partial charge in [0.1, 0.15) is 10.7 Å². The van der Waals surface area contributed by atoms with Crippen LogP contribution < -0.4 is 0 Å². The van der Waals surface area contributed by atoms with Crippen LogP contribution >= 0.6 is 35.8 Å². The summed E-state index contributed by atoms with van der Waals surface area (Å²) in [5.74, 6) is 0.382. The molecule has 0 saturated carbocycles. The second-order valence-electron chi connectivity index (χ2n) is 5.82. The van der Waals surface area contributed by atoms with E-state index in [4.69, 9.17) is 28.5 Å². The summed E-state index contributed by atoms with van der Waals surface area (Å²) in [4.78, 5) is 1.46. The van der Waals surface area contributed by atoms with Crippen molar-refractivity contribution in [1.82, 2.24) is 30.0 Å². The Hall–Kier alpha value is -2.86. The molecule has 138 valence electrons. The number of para-hydroxylation sites is 1. The molecule has 0 atom stereocenters. The topological polar surface area (TPSA) is 85.2 Å². The first-order chi connectivity index (χ1) is 13.6. The van der Waals surface area contributed by atoms with Crippen molar-refractivity contribution in [2.24, 2.45) is 0 Å². The molecular weight excluding hydrogens is 417 g/mol. The quantitative estimate of drug-likeness (QED) is 0.496. The minimum Gasteiger partial charge on any atom is -0.224 e. The summed E-state index contributed by atoms with van der Waals surface area (Å²) in [6.45, 7) is 0.422. The molecule has 7 nitrogen and oxygen atoms in total. The molecule has 10 heteroatoms. The molecule has 2 aromatic carbocycles. The van der Waals surface area contributed by atoms with E-state index in [1.807, 2.05) is 12.1 Å².